The van der Waals surface area contributed by atoms with Gasteiger partial charge in [-0.1, -0.05) is 42.0 Å². The highest BCUT2D eigenvalue weighted by molar-refractivity contribution is 5.80. The van der Waals surface area contributed by atoms with Gasteiger partial charge in [0, 0.05) is 13.0 Å². The number of amides is 1. The lowest BCUT2D eigenvalue weighted by Gasteiger charge is -2.08. The van der Waals surface area contributed by atoms with E-state index in [0.717, 1.165) is 16.9 Å². The second-order valence-electron chi connectivity index (χ2n) is 5.91. The number of carbonyl (C=O) groups excluding carboxylic acids is 1. The first-order valence-electron chi connectivity index (χ1n) is 8.29. The predicted molar refractivity (Wildman–Crippen MR) is 95.5 cm³/mol. The van der Waals surface area contributed by atoms with E-state index in [-0.39, 0.29) is 18.7 Å². The predicted octanol–water partition coefficient (Wildman–Crippen LogP) is 3.10. The number of carboxylic acids is 1. The summed E-state index contributed by atoms with van der Waals surface area (Å²) < 4.78 is 5.76. The van der Waals surface area contributed by atoms with Crippen LogP contribution in [0.5, 0.6) is 5.75 Å². The summed E-state index contributed by atoms with van der Waals surface area (Å²) in [6.45, 7) is 3.07. The highest BCUT2D eigenvalue weighted by atomic mass is 16.5. The molecule has 2 N–H and O–H groups in total. The first-order valence-corrected chi connectivity index (χ1v) is 8.29. The summed E-state index contributed by atoms with van der Waals surface area (Å²) in [6.07, 6.45) is 0.566. The molecule has 132 valence electrons. The van der Waals surface area contributed by atoms with Crippen molar-refractivity contribution in [2.45, 2.75) is 32.8 Å². The van der Waals surface area contributed by atoms with E-state index in [1.54, 1.807) is 0 Å². The van der Waals surface area contributed by atoms with Crippen molar-refractivity contribution in [1.29, 1.82) is 0 Å². The maximum absolute atomic E-state index is 11.4. The fourth-order valence-electron chi connectivity index (χ4n) is 2.26. The zero-order valence-corrected chi connectivity index (χ0v) is 14.3. The molecule has 1 amide bonds. The smallest absolute Gasteiger partial charge is 0.303 e. The molecule has 2 aromatic carbocycles. The molecule has 5 nitrogen and oxygen atoms in total. The Bertz CT molecular complexity index is 693. The molecule has 2 rings (SSSR count). The molecular weight excluding hydrogens is 318 g/mol. The zero-order valence-electron chi connectivity index (χ0n) is 14.3. The average Bonchev–Trinajstić information content (AvgIpc) is 2.60. The van der Waals surface area contributed by atoms with Gasteiger partial charge in [0.2, 0.25) is 5.91 Å². The molecule has 5 heteroatoms. The SMILES string of the molecule is Cc1ccc(COc2ccc(CCNC(=O)CCC(=O)O)cc2)cc1. The van der Waals surface area contributed by atoms with Crippen molar-refractivity contribution in [3.05, 3.63) is 65.2 Å². The fourth-order valence-corrected chi connectivity index (χ4v) is 2.26. The molecule has 0 bridgehead atoms. The topological polar surface area (TPSA) is 75.6 Å². The van der Waals surface area contributed by atoms with Gasteiger partial charge in [0.1, 0.15) is 12.4 Å². The van der Waals surface area contributed by atoms with Crippen LogP contribution in [0.1, 0.15) is 29.5 Å². The summed E-state index contributed by atoms with van der Waals surface area (Å²) in [5.74, 6) is -0.397. The summed E-state index contributed by atoms with van der Waals surface area (Å²) in [7, 11) is 0. The summed E-state index contributed by atoms with van der Waals surface area (Å²) in [6, 6.07) is 16.0. The summed E-state index contributed by atoms with van der Waals surface area (Å²) >= 11 is 0. The van der Waals surface area contributed by atoms with E-state index in [2.05, 4.69) is 36.5 Å². The molecule has 0 radical (unpaired) electrons. The Labute approximate surface area is 147 Å². The highest BCUT2D eigenvalue weighted by Gasteiger charge is 2.04. The fraction of sp³-hybridized carbons (Fsp3) is 0.300. The van der Waals surface area contributed by atoms with Crippen LogP contribution in [0, 0.1) is 6.92 Å². The summed E-state index contributed by atoms with van der Waals surface area (Å²) in [5, 5.41) is 11.2. The lowest BCUT2D eigenvalue weighted by Crippen LogP contribution is -2.25. The summed E-state index contributed by atoms with van der Waals surface area (Å²) in [5.41, 5.74) is 3.43. The third-order valence-corrected chi connectivity index (χ3v) is 3.75. The van der Waals surface area contributed by atoms with Crippen LogP contribution in [0.2, 0.25) is 0 Å². The number of aliphatic carboxylic acids is 1. The maximum Gasteiger partial charge on any atom is 0.303 e. The van der Waals surface area contributed by atoms with E-state index in [1.807, 2.05) is 24.3 Å². The van der Waals surface area contributed by atoms with Crippen molar-refractivity contribution in [3.63, 3.8) is 0 Å². The number of aryl methyl sites for hydroxylation is 1. The van der Waals surface area contributed by atoms with Crippen LogP contribution in [-0.2, 0) is 22.6 Å². The number of hydrogen-bond donors (Lipinski definition) is 2. The maximum atomic E-state index is 11.4. The first kappa shape index (κ1) is 18.5. The third kappa shape index (κ3) is 7.08. The highest BCUT2D eigenvalue weighted by Crippen LogP contribution is 2.15. The number of benzene rings is 2. The third-order valence-electron chi connectivity index (χ3n) is 3.75. The Morgan fingerprint density at radius 3 is 2.24 bits per heavy atom. The van der Waals surface area contributed by atoms with Crippen LogP contribution in [0.4, 0.5) is 0 Å². The molecule has 0 saturated heterocycles. The minimum Gasteiger partial charge on any atom is -0.489 e. The van der Waals surface area contributed by atoms with Gasteiger partial charge in [0.05, 0.1) is 6.42 Å². The van der Waals surface area contributed by atoms with Crippen molar-refractivity contribution in [3.8, 4) is 5.75 Å². The minimum atomic E-state index is -0.962. The molecule has 0 aliphatic carbocycles. The Morgan fingerprint density at radius 1 is 0.960 bits per heavy atom. The van der Waals surface area contributed by atoms with Crippen LogP contribution >= 0.6 is 0 Å². The zero-order chi connectivity index (χ0) is 18.1. The number of hydrogen-bond acceptors (Lipinski definition) is 3. The van der Waals surface area contributed by atoms with Crippen LogP contribution in [0.25, 0.3) is 0 Å². The standard InChI is InChI=1S/C20H23NO4/c1-15-2-4-17(5-3-15)14-25-18-8-6-16(7-9-18)12-13-21-19(22)10-11-20(23)24/h2-9H,10-14H2,1H3,(H,21,22)(H,23,24). The van der Waals surface area contributed by atoms with E-state index in [0.29, 0.717) is 19.6 Å². The molecule has 0 atom stereocenters. The molecule has 0 fully saturated rings. The largest absolute Gasteiger partial charge is 0.489 e. The van der Waals surface area contributed by atoms with Crippen LogP contribution < -0.4 is 10.1 Å². The van der Waals surface area contributed by atoms with Crippen LogP contribution in [0.15, 0.2) is 48.5 Å². The monoisotopic (exact) mass is 341 g/mol. The normalized spacial score (nSPS) is 10.3. The van der Waals surface area contributed by atoms with E-state index in [9.17, 15) is 9.59 Å². The number of carbonyl (C=O) groups is 2. The van der Waals surface area contributed by atoms with Crippen molar-refractivity contribution < 1.29 is 19.4 Å². The van der Waals surface area contributed by atoms with Gasteiger partial charge < -0.3 is 15.2 Å². The van der Waals surface area contributed by atoms with Gasteiger partial charge in [-0.15, -0.1) is 0 Å². The van der Waals surface area contributed by atoms with E-state index in [4.69, 9.17) is 9.84 Å². The Hall–Kier alpha value is -2.82. The van der Waals surface area contributed by atoms with Crippen molar-refractivity contribution in [1.82, 2.24) is 5.32 Å². The van der Waals surface area contributed by atoms with Crippen LogP contribution in [-0.4, -0.2) is 23.5 Å². The molecule has 0 saturated carbocycles. The van der Waals surface area contributed by atoms with Gasteiger partial charge >= 0.3 is 5.97 Å². The average molecular weight is 341 g/mol. The molecule has 0 heterocycles. The Morgan fingerprint density at radius 2 is 1.60 bits per heavy atom. The minimum absolute atomic E-state index is 0.0150. The quantitative estimate of drug-likeness (QED) is 0.735. The van der Waals surface area contributed by atoms with Gasteiger partial charge in [-0.2, -0.15) is 0 Å². The Kier molecular flexibility index (Phi) is 7.01. The van der Waals surface area contributed by atoms with Crippen molar-refractivity contribution >= 4 is 11.9 Å². The van der Waals surface area contributed by atoms with Gasteiger partial charge in [0.15, 0.2) is 0 Å². The number of carboxylic acid groups (broad SMARTS) is 1. The van der Waals surface area contributed by atoms with E-state index >= 15 is 0 Å². The summed E-state index contributed by atoms with van der Waals surface area (Å²) in [4.78, 5) is 21.8. The molecule has 0 aliphatic rings. The molecule has 0 unspecified atom stereocenters. The van der Waals surface area contributed by atoms with Crippen molar-refractivity contribution in [2.24, 2.45) is 0 Å². The number of rotatable bonds is 9. The van der Waals surface area contributed by atoms with Gasteiger partial charge in [-0.25, -0.2) is 0 Å². The second-order valence-corrected chi connectivity index (χ2v) is 5.91. The van der Waals surface area contributed by atoms with Gasteiger partial charge in [-0.05, 0) is 36.6 Å². The van der Waals surface area contributed by atoms with Crippen molar-refractivity contribution in [2.75, 3.05) is 6.54 Å². The molecule has 0 aromatic heterocycles. The molecular formula is C20H23NO4. The van der Waals surface area contributed by atoms with Gasteiger partial charge in [0.25, 0.3) is 0 Å². The molecule has 2 aromatic rings. The van der Waals surface area contributed by atoms with Crippen LogP contribution in [0.3, 0.4) is 0 Å². The van der Waals surface area contributed by atoms with E-state index < -0.39 is 5.97 Å². The second kappa shape index (κ2) is 9.47. The van der Waals surface area contributed by atoms with Gasteiger partial charge in [-0.3, -0.25) is 9.59 Å². The molecule has 0 spiro atoms. The molecule has 25 heavy (non-hydrogen) atoms. The number of ether oxygens (including phenoxy) is 1. The number of nitrogens with one attached hydrogen (secondary N) is 1. The Balaban J connectivity index is 1.71. The molecule has 0 aliphatic heterocycles. The van der Waals surface area contributed by atoms with E-state index in [1.165, 1.54) is 5.56 Å². The lowest BCUT2D eigenvalue weighted by atomic mass is 10.1. The first-order chi connectivity index (χ1) is 12.0. The lowest BCUT2D eigenvalue weighted by molar-refractivity contribution is -0.138.